The lowest BCUT2D eigenvalue weighted by molar-refractivity contribution is 0.0736. The van der Waals surface area contributed by atoms with E-state index >= 15 is 0 Å². The van der Waals surface area contributed by atoms with Crippen LogP contribution >= 0.6 is 0 Å². The van der Waals surface area contributed by atoms with Gasteiger partial charge in [0.25, 0.3) is 5.91 Å². The summed E-state index contributed by atoms with van der Waals surface area (Å²) in [5, 5.41) is 3.25. The topological polar surface area (TPSA) is 53.8 Å². The van der Waals surface area contributed by atoms with Crippen molar-refractivity contribution in [1.82, 2.24) is 14.6 Å². The first-order valence-corrected chi connectivity index (χ1v) is 8.45. The fraction of sp³-hybridized carbons (Fsp3) is 0.200. The Kier molecular flexibility index (Phi) is 4.07. The molecule has 3 aromatic rings. The standard InChI is InChI=1S/C20H19N3O2/c24-19(15-5-2-1-3-6-15)18-14-16(13-17-7-4-10-23(17)18)20(25)22-11-8-21-9-12-22/h1-7,10,13-14,21H,8-9,11-12H2. The summed E-state index contributed by atoms with van der Waals surface area (Å²) in [6.45, 7) is 2.98. The van der Waals surface area contributed by atoms with Gasteiger partial charge in [-0.25, -0.2) is 0 Å². The fourth-order valence-corrected chi connectivity index (χ4v) is 3.24. The summed E-state index contributed by atoms with van der Waals surface area (Å²) in [4.78, 5) is 27.6. The molecule has 0 radical (unpaired) electrons. The lowest BCUT2D eigenvalue weighted by Crippen LogP contribution is -2.46. The molecule has 0 aliphatic carbocycles. The molecule has 0 atom stereocenters. The van der Waals surface area contributed by atoms with Gasteiger partial charge in [-0.05, 0) is 24.3 Å². The lowest BCUT2D eigenvalue weighted by atomic mass is 10.0. The van der Waals surface area contributed by atoms with Gasteiger partial charge < -0.3 is 14.6 Å². The Morgan fingerprint density at radius 1 is 0.880 bits per heavy atom. The molecule has 1 aromatic carbocycles. The van der Waals surface area contributed by atoms with E-state index in [1.807, 2.05) is 51.9 Å². The van der Waals surface area contributed by atoms with Crippen LogP contribution in [-0.4, -0.2) is 47.2 Å². The molecule has 0 unspecified atom stereocenters. The molecule has 0 saturated carbocycles. The normalized spacial score (nSPS) is 14.6. The van der Waals surface area contributed by atoms with E-state index in [0.717, 1.165) is 18.6 Å². The second kappa shape index (κ2) is 6.53. The van der Waals surface area contributed by atoms with Gasteiger partial charge >= 0.3 is 0 Å². The lowest BCUT2D eigenvalue weighted by Gasteiger charge is -2.27. The van der Waals surface area contributed by atoms with E-state index in [-0.39, 0.29) is 11.7 Å². The highest BCUT2D eigenvalue weighted by atomic mass is 16.2. The maximum absolute atomic E-state index is 13.0. The molecule has 126 valence electrons. The van der Waals surface area contributed by atoms with E-state index in [1.54, 1.807) is 18.2 Å². The van der Waals surface area contributed by atoms with E-state index in [0.29, 0.717) is 29.9 Å². The Balaban J connectivity index is 1.77. The van der Waals surface area contributed by atoms with Gasteiger partial charge in [-0.3, -0.25) is 9.59 Å². The molecule has 5 nitrogen and oxygen atoms in total. The largest absolute Gasteiger partial charge is 0.336 e. The smallest absolute Gasteiger partial charge is 0.254 e. The summed E-state index contributed by atoms with van der Waals surface area (Å²) in [6.07, 6.45) is 1.85. The highest BCUT2D eigenvalue weighted by Crippen LogP contribution is 2.18. The van der Waals surface area contributed by atoms with Crippen molar-refractivity contribution in [3.8, 4) is 0 Å². The maximum atomic E-state index is 13.0. The van der Waals surface area contributed by atoms with Gasteiger partial charge in [-0.2, -0.15) is 0 Å². The van der Waals surface area contributed by atoms with Crippen LogP contribution in [0.3, 0.4) is 0 Å². The van der Waals surface area contributed by atoms with E-state index in [2.05, 4.69) is 5.32 Å². The number of aromatic nitrogens is 1. The Labute approximate surface area is 145 Å². The summed E-state index contributed by atoms with van der Waals surface area (Å²) in [5.41, 5.74) is 2.53. The van der Waals surface area contributed by atoms with Gasteiger partial charge in [0, 0.05) is 49.0 Å². The zero-order valence-corrected chi connectivity index (χ0v) is 13.8. The molecule has 1 aliphatic heterocycles. The maximum Gasteiger partial charge on any atom is 0.254 e. The van der Waals surface area contributed by atoms with Crippen LogP contribution in [0.2, 0.25) is 0 Å². The molecule has 1 fully saturated rings. The predicted octanol–water partition coefficient (Wildman–Crippen LogP) is 2.22. The highest BCUT2D eigenvalue weighted by Gasteiger charge is 2.21. The number of nitrogens with one attached hydrogen (secondary N) is 1. The quantitative estimate of drug-likeness (QED) is 0.748. The zero-order chi connectivity index (χ0) is 17.2. The molecule has 0 spiro atoms. The van der Waals surface area contributed by atoms with Crippen LogP contribution in [0.15, 0.2) is 60.8 Å². The van der Waals surface area contributed by atoms with Crippen LogP contribution in [0.1, 0.15) is 26.4 Å². The van der Waals surface area contributed by atoms with Gasteiger partial charge in [0.05, 0.1) is 5.69 Å². The van der Waals surface area contributed by atoms with Gasteiger partial charge in [0.1, 0.15) is 0 Å². The summed E-state index contributed by atoms with van der Waals surface area (Å²) in [5.74, 6) is -0.107. The average Bonchev–Trinajstić information content (AvgIpc) is 3.16. The average molecular weight is 333 g/mol. The summed E-state index contributed by atoms with van der Waals surface area (Å²) >= 11 is 0. The Bertz CT molecular complexity index is 925. The molecule has 0 bridgehead atoms. The number of rotatable bonds is 3. The van der Waals surface area contributed by atoms with E-state index in [4.69, 9.17) is 0 Å². The van der Waals surface area contributed by atoms with Gasteiger partial charge in [-0.1, -0.05) is 30.3 Å². The van der Waals surface area contributed by atoms with Crippen LogP contribution < -0.4 is 5.32 Å². The second-order valence-corrected chi connectivity index (χ2v) is 6.17. The molecule has 1 N–H and O–H groups in total. The fourth-order valence-electron chi connectivity index (χ4n) is 3.24. The van der Waals surface area contributed by atoms with Crippen molar-refractivity contribution < 1.29 is 9.59 Å². The number of carbonyl (C=O) groups is 2. The third-order valence-corrected chi connectivity index (χ3v) is 4.56. The van der Waals surface area contributed by atoms with Gasteiger partial charge in [0.15, 0.2) is 0 Å². The minimum atomic E-state index is -0.0863. The molecule has 1 aliphatic rings. The molecule has 5 heteroatoms. The van der Waals surface area contributed by atoms with Crippen molar-refractivity contribution >= 4 is 17.2 Å². The first-order chi connectivity index (χ1) is 12.2. The number of piperazine rings is 1. The van der Waals surface area contributed by atoms with Crippen molar-refractivity contribution in [1.29, 1.82) is 0 Å². The van der Waals surface area contributed by atoms with Gasteiger partial charge in [-0.15, -0.1) is 0 Å². The SMILES string of the molecule is O=C(c1ccccc1)c1cc(C(=O)N2CCNCC2)cc2cccn12. The zero-order valence-electron chi connectivity index (χ0n) is 13.8. The van der Waals surface area contributed by atoms with Crippen LogP contribution in [0.25, 0.3) is 5.52 Å². The molecule has 4 rings (SSSR count). The van der Waals surface area contributed by atoms with Crippen LogP contribution in [0.5, 0.6) is 0 Å². The summed E-state index contributed by atoms with van der Waals surface area (Å²) in [6, 6.07) is 16.5. The Hall–Kier alpha value is -2.92. The van der Waals surface area contributed by atoms with Crippen LogP contribution in [0, 0.1) is 0 Å². The molecular formula is C20H19N3O2. The van der Waals surface area contributed by atoms with Crippen LogP contribution in [-0.2, 0) is 0 Å². The minimum absolute atomic E-state index is 0.0210. The first kappa shape index (κ1) is 15.6. The molecule has 1 saturated heterocycles. The second-order valence-electron chi connectivity index (χ2n) is 6.17. The molecule has 25 heavy (non-hydrogen) atoms. The van der Waals surface area contributed by atoms with Crippen LogP contribution in [0.4, 0.5) is 0 Å². The monoisotopic (exact) mass is 333 g/mol. The van der Waals surface area contributed by atoms with Crippen molar-refractivity contribution in [2.75, 3.05) is 26.2 Å². The van der Waals surface area contributed by atoms with E-state index in [1.165, 1.54) is 0 Å². The van der Waals surface area contributed by atoms with Crippen molar-refractivity contribution in [3.63, 3.8) is 0 Å². The summed E-state index contributed by atoms with van der Waals surface area (Å²) < 4.78 is 1.84. The number of ketones is 1. The minimum Gasteiger partial charge on any atom is -0.336 e. The molecule has 3 heterocycles. The van der Waals surface area contributed by atoms with E-state index < -0.39 is 0 Å². The highest BCUT2D eigenvalue weighted by molar-refractivity contribution is 6.09. The molecular weight excluding hydrogens is 314 g/mol. The van der Waals surface area contributed by atoms with Crippen molar-refractivity contribution in [3.05, 3.63) is 77.6 Å². The van der Waals surface area contributed by atoms with Gasteiger partial charge in [0.2, 0.25) is 5.78 Å². The number of hydrogen-bond donors (Lipinski definition) is 1. The number of pyridine rings is 1. The number of amides is 1. The Morgan fingerprint density at radius 3 is 2.40 bits per heavy atom. The summed E-state index contributed by atoms with van der Waals surface area (Å²) in [7, 11) is 0. The third-order valence-electron chi connectivity index (χ3n) is 4.56. The van der Waals surface area contributed by atoms with E-state index in [9.17, 15) is 9.59 Å². The first-order valence-electron chi connectivity index (χ1n) is 8.45. The number of fused-ring (bicyclic) bond motifs is 1. The van der Waals surface area contributed by atoms with Crippen molar-refractivity contribution in [2.45, 2.75) is 0 Å². The number of hydrogen-bond acceptors (Lipinski definition) is 3. The Morgan fingerprint density at radius 2 is 1.64 bits per heavy atom. The number of carbonyl (C=O) groups excluding carboxylic acids is 2. The number of benzene rings is 1. The van der Waals surface area contributed by atoms with Crippen molar-refractivity contribution in [2.24, 2.45) is 0 Å². The molecule has 1 amide bonds. The predicted molar refractivity (Wildman–Crippen MR) is 96.0 cm³/mol. The third kappa shape index (κ3) is 2.94. The molecule has 2 aromatic heterocycles. The number of nitrogens with zero attached hydrogens (tertiary/aromatic N) is 2.